The fraction of sp³-hybridized carbons (Fsp3) is 0.391. The predicted octanol–water partition coefficient (Wildman–Crippen LogP) is 4.26. The predicted molar refractivity (Wildman–Crippen MR) is 108 cm³/mol. The van der Waals surface area contributed by atoms with Crippen LogP contribution in [0.3, 0.4) is 0 Å². The van der Waals surface area contributed by atoms with Gasteiger partial charge in [-0.15, -0.1) is 0 Å². The maximum absolute atomic E-state index is 12.9. The second-order valence-corrected chi connectivity index (χ2v) is 7.53. The Labute approximate surface area is 161 Å². The molecule has 142 valence electrons. The summed E-state index contributed by atoms with van der Waals surface area (Å²) in [6.07, 6.45) is 1.61. The molecule has 27 heavy (non-hydrogen) atoms. The van der Waals surface area contributed by atoms with E-state index in [1.807, 2.05) is 73.3 Å². The van der Waals surface area contributed by atoms with E-state index in [1.165, 1.54) is 5.56 Å². The van der Waals surface area contributed by atoms with E-state index in [0.717, 1.165) is 17.7 Å². The van der Waals surface area contributed by atoms with Crippen LogP contribution >= 0.6 is 0 Å². The SMILES string of the molecule is CCc1ccc(NC(=O)C2CC2C(=O)N(Cc2ccccc2)C(C)C)cc1. The molecular weight excluding hydrogens is 336 g/mol. The van der Waals surface area contributed by atoms with Gasteiger partial charge in [0.2, 0.25) is 11.8 Å². The Morgan fingerprint density at radius 3 is 2.26 bits per heavy atom. The van der Waals surface area contributed by atoms with Gasteiger partial charge < -0.3 is 10.2 Å². The van der Waals surface area contributed by atoms with E-state index in [0.29, 0.717) is 13.0 Å². The first-order chi connectivity index (χ1) is 13.0. The molecule has 0 saturated heterocycles. The molecule has 2 unspecified atom stereocenters. The highest BCUT2D eigenvalue weighted by Crippen LogP contribution is 2.41. The summed E-state index contributed by atoms with van der Waals surface area (Å²) in [6.45, 7) is 6.73. The number of benzene rings is 2. The lowest BCUT2D eigenvalue weighted by atomic mass is 10.1. The number of nitrogens with zero attached hydrogens (tertiary/aromatic N) is 1. The quantitative estimate of drug-likeness (QED) is 0.798. The minimum Gasteiger partial charge on any atom is -0.336 e. The van der Waals surface area contributed by atoms with Crippen molar-refractivity contribution in [1.29, 1.82) is 0 Å². The van der Waals surface area contributed by atoms with Gasteiger partial charge in [-0.25, -0.2) is 0 Å². The second kappa shape index (κ2) is 8.38. The first-order valence-corrected chi connectivity index (χ1v) is 9.73. The number of hydrogen-bond donors (Lipinski definition) is 1. The summed E-state index contributed by atoms with van der Waals surface area (Å²) in [7, 11) is 0. The van der Waals surface area contributed by atoms with Crippen molar-refractivity contribution < 1.29 is 9.59 Å². The second-order valence-electron chi connectivity index (χ2n) is 7.53. The van der Waals surface area contributed by atoms with Gasteiger partial charge in [0.15, 0.2) is 0 Å². The number of aryl methyl sites for hydroxylation is 1. The molecule has 2 atom stereocenters. The van der Waals surface area contributed by atoms with E-state index >= 15 is 0 Å². The molecule has 2 aromatic carbocycles. The molecule has 3 rings (SSSR count). The standard InChI is InChI=1S/C23H28N2O2/c1-4-17-10-12-19(13-11-17)24-22(26)20-14-21(20)23(27)25(16(2)3)15-18-8-6-5-7-9-18/h5-13,16,20-21H,4,14-15H2,1-3H3,(H,24,26). The van der Waals surface area contributed by atoms with Gasteiger partial charge in [-0.2, -0.15) is 0 Å². The summed E-state index contributed by atoms with van der Waals surface area (Å²) in [6, 6.07) is 18.0. The van der Waals surface area contributed by atoms with Crippen LogP contribution in [0.25, 0.3) is 0 Å². The number of anilines is 1. The largest absolute Gasteiger partial charge is 0.336 e. The maximum Gasteiger partial charge on any atom is 0.228 e. The van der Waals surface area contributed by atoms with E-state index in [4.69, 9.17) is 0 Å². The molecule has 1 aliphatic rings. The van der Waals surface area contributed by atoms with E-state index in [1.54, 1.807) is 0 Å². The Morgan fingerprint density at radius 2 is 1.67 bits per heavy atom. The minimum absolute atomic E-state index is 0.0546. The summed E-state index contributed by atoms with van der Waals surface area (Å²) < 4.78 is 0. The molecule has 0 aromatic heterocycles. The molecule has 0 radical (unpaired) electrons. The fourth-order valence-corrected chi connectivity index (χ4v) is 3.32. The van der Waals surface area contributed by atoms with E-state index in [9.17, 15) is 9.59 Å². The third-order valence-corrected chi connectivity index (χ3v) is 5.18. The van der Waals surface area contributed by atoms with Crippen molar-refractivity contribution in [2.45, 2.75) is 46.2 Å². The van der Waals surface area contributed by atoms with Crippen molar-refractivity contribution in [3.05, 3.63) is 65.7 Å². The van der Waals surface area contributed by atoms with E-state index in [2.05, 4.69) is 12.2 Å². The van der Waals surface area contributed by atoms with Gasteiger partial charge in [-0.3, -0.25) is 9.59 Å². The zero-order valence-electron chi connectivity index (χ0n) is 16.3. The fourth-order valence-electron chi connectivity index (χ4n) is 3.32. The molecule has 1 aliphatic carbocycles. The smallest absolute Gasteiger partial charge is 0.228 e. The number of carbonyl (C=O) groups is 2. The van der Waals surface area contributed by atoms with Crippen molar-refractivity contribution in [3.8, 4) is 0 Å². The van der Waals surface area contributed by atoms with Crippen LogP contribution < -0.4 is 5.32 Å². The molecule has 4 heteroatoms. The minimum atomic E-state index is -0.222. The van der Waals surface area contributed by atoms with Crippen LogP contribution in [0.2, 0.25) is 0 Å². The highest BCUT2D eigenvalue weighted by atomic mass is 16.2. The Bertz CT molecular complexity index is 784. The van der Waals surface area contributed by atoms with Crippen LogP contribution in [0.1, 0.15) is 38.3 Å². The van der Waals surface area contributed by atoms with E-state index in [-0.39, 0.29) is 29.7 Å². The lowest BCUT2D eigenvalue weighted by molar-refractivity contribution is -0.136. The first kappa shape index (κ1) is 19.2. The zero-order valence-corrected chi connectivity index (χ0v) is 16.3. The zero-order chi connectivity index (χ0) is 19.4. The van der Waals surface area contributed by atoms with Crippen LogP contribution in [-0.2, 0) is 22.6 Å². The van der Waals surface area contributed by atoms with Crippen LogP contribution in [0.15, 0.2) is 54.6 Å². The molecule has 1 saturated carbocycles. The molecular formula is C23H28N2O2. The van der Waals surface area contributed by atoms with Gasteiger partial charge in [0, 0.05) is 18.3 Å². The van der Waals surface area contributed by atoms with Crippen molar-refractivity contribution >= 4 is 17.5 Å². The van der Waals surface area contributed by atoms with Gasteiger partial charge >= 0.3 is 0 Å². The summed E-state index contributed by atoms with van der Waals surface area (Å²) >= 11 is 0. The summed E-state index contributed by atoms with van der Waals surface area (Å²) in [5.74, 6) is -0.400. The third kappa shape index (κ3) is 4.76. The Balaban J connectivity index is 1.59. The molecule has 0 spiro atoms. The molecule has 2 aromatic rings. The lowest BCUT2D eigenvalue weighted by Gasteiger charge is -2.27. The van der Waals surface area contributed by atoms with Gasteiger partial charge in [0.25, 0.3) is 0 Å². The van der Waals surface area contributed by atoms with Crippen LogP contribution in [-0.4, -0.2) is 22.8 Å². The normalized spacial score (nSPS) is 18.2. The topological polar surface area (TPSA) is 49.4 Å². The Kier molecular flexibility index (Phi) is 5.94. The molecule has 0 heterocycles. The average Bonchev–Trinajstić information content (AvgIpc) is 3.48. The van der Waals surface area contributed by atoms with E-state index < -0.39 is 0 Å². The van der Waals surface area contributed by atoms with Gasteiger partial charge in [0.05, 0.1) is 11.8 Å². The molecule has 1 N–H and O–H groups in total. The van der Waals surface area contributed by atoms with Gasteiger partial charge in [-0.1, -0.05) is 49.4 Å². The third-order valence-electron chi connectivity index (χ3n) is 5.18. The lowest BCUT2D eigenvalue weighted by Crippen LogP contribution is -2.38. The number of amides is 2. The molecule has 2 amide bonds. The van der Waals surface area contributed by atoms with Gasteiger partial charge in [0.1, 0.15) is 0 Å². The van der Waals surface area contributed by atoms with Crippen molar-refractivity contribution in [2.24, 2.45) is 11.8 Å². The van der Waals surface area contributed by atoms with Crippen molar-refractivity contribution in [1.82, 2.24) is 4.90 Å². The highest BCUT2D eigenvalue weighted by Gasteiger charge is 2.49. The number of nitrogens with one attached hydrogen (secondary N) is 1. The van der Waals surface area contributed by atoms with Crippen molar-refractivity contribution in [2.75, 3.05) is 5.32 Å². The average molecular weight is 364 g/mol. The number of carbonyl (C=O) groups excluding carboxylic acids is 2. The Morgan fingerprint density at radius 1 is 1.00 bits per heavy atom. The van der Waals surface area contributed by atoms with Gasteiger partial charge in [-0.05, 0) is 49.9 Å². The van der Waals surface area contributed by atoms with Crippen LogP contribution in [0.4, 0.5) is 5.69 Å². The summed E-state index contributed by atoms with van der Waals surface area (Å²) in [5.41, 5.74) is 3.14. The molecule has 0 aliphatic heterocycles. The summed E-state index contributed by atoms with van der Waals surface area (Å²) in [5, 5.41) is 2.95. The van der Waals surface area contributed by atoms with Crippen molar-refractivity contribution in [3.63, 3.8) is 0 Å². The maximum atomic E-state index is 12.9. The highest BCUT2D eigenvalue weighted by molar-refractivity contribution is 5.99. The Hall–Kier alpha value is -2.62. The first-order valence-electron chi connectivity index (χ1n) is 9.73. The van der Waals surface area contributed by atoms with Crippen LogP contribution in [0.5, 0.6) is 0 Å². The number of rotatable bonds is 7. The molecule has 4 nitrogen and oxygen atoms in total. The molecule has 0 bridgehead atoms. The van der Waals surface area contributed by atoms with Crippen LogP contribution in [0, 0.1) is 11.8 Å². The summed E-state index contributed by atoms with van der Waals surface area (Å²) in [4.78, 5) is 27.3. The molecule has 1 fully saturated rings. The number of hydrogen-bond acceptors (Lipinski definition) is 2. The monoisotopic (exact) mass is 364 g/mol.